The molecule has 0 radical (unpaired) electrons. The van der Waals surface area contributed by atoms with Crippen molar-refractivity contribution in [2.45, 2.75) is 65.0 Å². The van der Waals surface area contributed by atoms with Crippen LogP contribution in [0.3, 0.4) is 0 Å². The van der Waals surface area contributed by atoms with E-state index >= 15 is 0 Å². The van der Waals surface area contributed by atoms with Gasteiger partial charge in [-0.25, -0.2) is 0 Å². The molecule has 2 heteroatoms. The lowest BCUT2D eigenvalue weighted by Gasteiger charge is -2.33. The summed E-state index contributed by atoms with van der Waals surface area (Å²) in [6.45, 7) is 6.99. The molecule has 1 heterocycles. The molecule has 0 aliphatic heterocycles. The molecular weight excluding hydrogens is 222 g/mol. The zero-order valence-corrected chi connectivity index (χ0v) is 12.0. The Kier molecular flexibility index (Phi) is 4.87. The van der Waals surface area contributed by atoms with Gasteiger partial charge < -0.3 is 9.73 Å². The molecule has 1 N–H and O–H groups in total. The lowest BCUT2D eigenvalue weighted by atomic mass is 9.79. The first-order chi connectivity index (χ1) is 8.65. The van der Waals surface area contributed by atoms with E-state index in [9.17, 15) is 0 Å². The molecule has 2 nitrogen and oxygen atoms in total. The lowest BCUT2D eigenvalue weighted by molar-refractivity contribution is 0.221. The molecular formula is C16H27NO. The number of furan rings is 1. The third kappa shape index (κ3) is 3.88. The van der Waals surface area contributed by atoms with Gasteiger partial charge in [0, 0.05) is 18.5 Å². The average molecular weight is 249 g/mol. The SMILES string of the molecule is CC(Cc1ccco1)NC1CCCC(C(C)C)C1. The Morgan fingerprint density at radius 1 is 1.33 bits per heavy atom. The van der Waals surface area contributed by atoms with Crippen LogP contribution >= 0.6 is 0 Å². The normalized spacial score (nSPS) is 26.4. The molecule has 3 unspecified atom stereocenters. The average Bonchev–Trinajstić information content (AvgIpc) is 2.82. The quantitative estimate of drug-likeness (QED) is 0.852. The maximum atomic E-state index is 5.41. The highest BCUT2D eigenvalue weighted by molar-refractivity contribution is 5.00. The van der Waals surface area contributed by atoms with Crippen molar-refractivity contribution in [2.24, 2.45) is 11.8 Å². The fourth-order valence-electron chi connectivity index (χ4n) is 3.18. The number of nitrogens with one attached hydrogen (secondary N) is 1. The second kappa shape index (κ2) is 6.42. The second-order valence-corrected chi connectivity index (χ2v) is 6.22. The van der Waals surface area contributed by atoms with E-state index in [1.807, 2.05) is 6.07 Å². The molecule has 102 valence electrons. The van der Waals surface area contributed by atoms with Gasteiger partial charge >= 0.3 is 0 Å². The van der Waals surface area contributed by atoms with Crippen molar-refractivity contribution >= 4 is 0 Å². The predicted octanol–water partition coefficient (Wildman–Crippen LogP) is 4.02. The van der Waals surface area contributed by atoms with Crippen molar-refractivity contribution in [1.82, 2.24) is 5.32 Å². The van der Waals surface area contributed by atoms with Crippen LogP contribution in [-0.2, 0) is 6.42 Å². The van der Waals surface area contributed by atoms with Crippen LogP contribution in [-0.4, -0.2) is 12.1 Å². The summed E-state index contributed by atoms with van der Waals surface area (Å²) in [6, 6.07) is 5.25. The molecule has 0 amide bonds. The van der Waals surface area contributed by atoms with Gasteiger partial charge in [0.1, 0.15) is 5.76 Å². The van der Waals surface area contributed by atoms with Gasteiger partial charge in [-0.2, -0.15) is 0 Å². The topological polar surface area (TPSA) is 25.2 Å². The van der Waals surface area contributed by atoms with E-state index in [4.69, 9.17) is 4.42 Å². The van der Waals surface area contributed by atoms with Crippen LogP contribution in [0, 0.1) is 11.8 Å². The van der Waals surface area contributed by atoms with Gasteiger partial charge in [-0.15, -0.1) is 0 Å². The van der Waals surface area contributed by atoms with Gasteiger partial charge in [0.25, 0.3) is 0 Å². The molecule has 1 aromatic heterocycles. The van der Waals surface area contributed by atoms with E-state index in [0.29, 0.717) is 12.1 Å². The van der Waals surface area contributed by atoms with Gasteiger partial charge in [0.2, 0.25) is 0 Å². The first-order valence-electron chi connectivity index (χ1n) is 7.43. The summed E-state index contributed by atoms with van der Waals surface area (Å²) >= 11 is 0. The van der Waals surface area contributed by atoms with E-state index in [0.717, 1.165) is 24.0 Å². The van der Waals surface area contributed by atoms with Crippen LogP contribution in [0.5, 0.6) is 0 Å². The summed E-state index contributed by atoms with van der Waals surface area (Å²) < 4.78 is 5.41. The Hall–Kier alpha value is -0.760. The van der Waals surface area contributed by atoms with Crippen LogP contribution in [0.2, 0.25) is 0 Å². The zero-order valence-electron chi connectivity index (χ0n) is 12.0. The molecule has 1 aliphatic carbocycles. The molecule has 1 aliphatic rings. The third-order valence-electron chi connectivity index (χ3n) is 4.27. The van der Waals surface area contributed by atoms with Gasteiger partial charge in [0.05, 0.1) is 6.26 Å². The summed E-state index contributed by atoms with van der Waals surface area (Å²) in [5.74, 6) is 2.83. The Morgan fingerprint density at radius 3 is 2.83 bits per heavy atom. The maximum absolute atomic E-state index is 5.41. The Bertz CT molecular complexity index is 331. The van der Waals surface area contributed by atoms with Crippen molar-refractivity contribution in [3.8, 4) is 0 Å². The Balaban J connectivity index is 1.78. The molecule has 18 heavy (non-hydrogen) atoms. The fraction of sp³-hybridized carbons (Fsp3) is 0.750. The molecule has 0 bridgehead atoms. The smallest absolute Gasteiger partial charge is 0.105 e. The molecule has 0 spiro atoms. The lowest BCUT2D eigenvalue weighted by Crippen LogP contribution is -2.41. The summed E-state index contributed by atoms with van der Waals surface area (Å²) in [6.07, 6.45) is 8.25. The minimum absolute atomic E-state index is 0.507. The number of hydrogen-bond acceptors (Lipinski definition) is 2. The highest BCUT2D eigenvalue weighted by Crippen LogP contribution is 2.30. The minimum Gasteiger partial charge on any atom is -0.469 e. The van der Waals surface area contributed by atoms with Crippen LogP contribution in [0.25, 0.3) is 0 Å². The van der Waals surface area contributed by atoms with E-state index in [2.05, 4.69) is 32.2 Å². The highest BCUT2D eigenvalue weighted by Gasteiger charge is 2.24. The third-order valence-corrected chi connectivity index (χ3v) is 4.27. The molecule has 2 rings (SSSR count). The van der Waals surface area contributed by atoms with E-state index in [1.165, 1.54) is 25.7 Å². The zero-order chi connectivity index (χ0) is 13.0. The van der Waals surface area contributed by atoms with Crippen molar-refractivity contribution in [1.29, 1.82) is 0 Å². The number of rotatable bonds is 5. The molecule has 0 aromatic carbocycles. The largest absolute Gasteiger partial charge is 0.469 e. The van der Waals surface area contributed by atoms with Crippen molar-refractivity contribution in [3.05, 3.63) is 24.2 Å². The van der Waals surface area contributed by atoms with Crippen LogP contribution < -0.4 is 5.32 Å². The summed E-state index contributed by atoms with van der Waals surface area (Å²) in [7, 11) is 0. The van der Waals surface area contributed by atoms with Gasteiger partial charge in [-0.05, 0) is 43.7 Å². The van der Waals surface area contributed by atoms with Crippen LogP contribution in [0.15, 0.2) is 22.8 Å². The van der Waals surface area contributed by atoms with E-state index < -0.39 is 0 Å². The summed E-state index contributed by atoms with van der Waals surface area (Å²) in [5.41, 5.74) is 0. The monoisotopic (exact) mass is 249 g/mol. The molecule has 3 atom stereocenters. The van der Waals surface area contributed by atoms with Crippen LogP contribution in [0.4, 0.5) is 0 Å². The van der Waals surface area contributed by atoms with Gasteiger partial charge in [-0.3, -0.25) is 0 Å². The Labute approximate surface area is 111 Å². The first-order valence-corrected chi connectivity index (χ1v) is 7.43. The van der Waals surface area contributed by atoms with Crippen molar-refractivity contribution < 1.29 is 4.42 Å². The van der Waals surface area contributed by atoms with E-state index in [1.54, 1.807) is 6.26 Å². The van der Waals surface area contributed by atoms with Gasteiger partial charge in [0.15, 0.2) is 0 Å². The summed E-state index contributed by atoms with van der Waals surface area (Å²) in [5, 5.41) is 3.78. The van der Waals surface area contributed by atoms with Crippen molar-refractivity contribution in [3.63, 3.8) is 0 Å². The number of hydrogen-bond donors (Lipinski definition) is 1. The van der Waals surface area contributed by atoms with E-state index in [-0.39, 0.29) is 0 Å². The molecule has 1 saturated carbocycles. The fourth-order valence-corrected chi connectivity index (χ4v) is 3.18. The molecule has 1 aromatic rings. The summed E-state index contributed by atoms with van der Waals surface area (Å²) in [4.78, 5) is 0. The highest BCUT2D eigenvalue weighted by atomic mass is 16.3. The minimum atomic E-state index is 0.507. The standard InChI is InChI=1S/C16H27NO/c1-12(2)14-6-4-7-15(11-14)17-13(3)10-16-8-5-9-18-16/h5,8-9,12-15,17H,4,6-7,10-11H2,1-3H3. The maximum Gasteiger partial charge on any atom is 0.105 e. The van der Waals surface area contributed by atoms with Crippen LogP contribution in [0.1, 0.15) is 52.2 Å². The molecule has 1 fully saturated rings. The second-order valence-electron chi connectivity index (χ2n) is 6.22. The first kappa shape index (κ1) is 13.7. The van der Waals surface area contributed by atoms with Crippen molar-refractivity contribution in [2.75, 3.05) is 0 Å². The van der Waals surface area contributed by atoms with Gasteiger partial charge in [-0.1, -0.05) is 26.7 Å². The Morgan fingerprint density at radius 2 is 2.17 bits per heavy atom. The predicted molar refractivity (Wildman–Crippen MR) is 75.6 cm³/mol. The molecule has 0 saturated heterocycles.